The Kier molecular flexibility index (Phi) is 7.30. The standard InChI is InChI=1S/C25H24ClN3O4S2/c1-16(2)14-27-24(30)19-8-4-6-10-21(19)28-35(32,33)18-11-12-22-23(13-18)34-25(31)29(22)15-17-7-3-5-9-20(17)26/h3-13,16,28H,14-15H2,1-2H3,(H,27,30). The van der Waals surface area contributed by atoms with Gasteiger partial charge in [0, 0.05) is 11.6 Å². The number of nitrogens with zero attached hydrogens (tertiary/aromatic N) is 1. The fourth-order valence-corrected chi connectivity index (χ4v) is 5.83. The number of aromatic nitrogens is 1. The van der Waals surface area contributed by atoms with Crippen LogP contribution in [0.3, 0.4) is 0 Å². The van der Waals surface area contributed by atoms with Crippen molar-refractivity contribution < 1.29 is 13.2 Å². The van der Waals surface area contributed by atoms with Gasteiger partial charge in [0.05, 0.1) is 32.9 Å². The van der Waals surface area contributed by atoms with Crippen LogP contribution in [0.4, 0.5) is 5.69 Å². The zero-order valence-electron chi connectivity index (χ0n) is 19.1. The molecule has 7 nitrogen and oxygen atoms in total. The fraction of sp³-hybridized carbons (Fsp3) is 0.200. The molecule has 2 N–H and O–H groups in total. The quantitative estimate of drug-likeness (QED) is 0.337. The van der Waals surface area contributed by atoms with Gasteiger partial charge in [-0.1, -0.05) is 67.1 Å². The van der Waals surface area contributed by atoms with Crippen LogP contribution in [0.5, 0.6) is 0 Å². The Morgan fingerprint density at radius 1 is 1.06 bits per heavy atom. The van der Waals surface area contributed by atoms with Crippen LogP contribution >= 0.6 is 22.9 Å². The van der Waals surface area contributed by atoms with Crippen molar-refractivity contribution in [2.75, 3.05) is 11.3 Å². The molecule has 1 heterocycles. The highest BCUT2D eigenvalue weighted by atomic mass is 35.5. The molecule has 0 fully saturated rings. The van der Waals surface area contributed by atoms with Crippen LogP contribution in [0.15, 0.2) is 76.4 Å². The number of para-hydroxylation sites is 1. The number of carbonyl (C=O) groups is 1. The van der Waals surface area contributed by atoms with E-state index in [1.807, 2.05) is 32.0 Å². The van der Waals surface area contributed by atoms with E-state index in [1.54, 1.807) is 41.0 Å². The van der Waals surface area contributed by atoms with E-state index >= 15 is 0 Å². The SMILES string of the molecule is CC(C)CNC(=O)c1ccccc1NS(=O)(=O)c1ccc2c(c1)sc(=O)n2Cc1ccccc1Cl. The molecule has 182 valence electrons. The number of benzene rings is 3. The monoisotopic (exact) mass is 529 g/mol. The predicted octanol–water partition coefficient (Wildman–Crippen LogP) is 4.95. The van der Waals surface area contributed by atoms with E-state index in [0.29, 0.717) is 21.8 Å². The molecule has 4 rings (SSSR count). The third-order valence-corrected chi connectivity index (χ3v) is 8.00. The second-order valence-corrected chi connectivity index (χ2v) is 11.5. The van der Waals surface area contributed by atoms with E-state index in [1.165, 1.54) is 12.1 Å². The minimum atomic E-state index is -4.02. The molecule has 0 saturated carbocycles. The van der Waals surface area contributed by atoms with E-state index < -0.39 is 10.0 Å². The minimum Gasteiger partial charge on any atom is -0.352 e. The number of nitrogens with one attached hydrogen (secondary N) is 2. The lowest BCUT2D eigenvalue weighted by Gasteiger charge is -2.14. The molecule has 35 heavy (non-hydrogen) atoms. The van der Waals surface area contributed by atoms with Gasteiger partial charge in [-0.15, -0.1) is 0 Å². The summed E-state index contributed by atoms with van der Waals surface area (Å²) >= 11 is 7.21. The van der Waals surface area contributed by atoms with Gasteiger partial charge in [0.25, 0.3) is 15.9 Å². The Hall–Kier alpha value is -3.14. The number of carbonyl (C=O) groups excluding carboxylic acids is 1. The van der Waals surface area contributed by atoms with Crippen LogP contribution in [-0.4, -0.2) is 25.4 Å². The molecular formula is C25H24ClN3O4S2. The smallest absolute Gasteiger partial charge is 0.308 e. The maximum atomic E-state index is 13.2. The van der Waals surface area contributed by atoms with Crippen molar-refractivity contribution >= 4 is 54.8 Å². The van der Waals surface area contributed by atoms with Crippen LogP contribution in [0.1, 0.15) is 29.8 Å². The molecule has 0 radical (unpaired) electrons. The van der Waals surface area contributed by atoms with E-state index in [4.69, 9.17) is 11.6 Å². The number of hydrogen-bond donors (Lipinski definition) is 2. The van der Waals surface area contributed by atoms with Crippen LogP contribution in [0.2, 0.25) is 5.02 Å². The van der Waals surface area contributed by atoms with E-state index in [9.17, 15) is 18.0 Å². The highest BCUT2D eigenvalue weighted by Gasteiger charge is 2.20. The highest BCUT2D eigenvalue weighted by Crippen LogP contribution is 2.26. The first-order chi connectivity index (χ1) is 16.7. The molecule has 0 aliphatic carbocycles. The zero-order valence-corrected chi connectivity index (χ0v) is 21.5. The zero-order chi connectivity index (χ0) is 25.2. The molecule has 3 aromatic carbocycles. The largest absolute Gasteiger partial charge is 0.352 e. The van der Waals surface area contributed by atoms with Crippen molar-refractivity contribution in [1.29, 1.82) is 0 Å². The van der Waals surface area contributed by atoms with Crippen molar-refractivity contribution in [2.24, 2.45) is 5.92 Å². The van der Waals surface area contributed by atoms with Gasteiger partial charge in [-0.05, 0) is 47.9 Å². The van der Waals surface area contributed by atoms with Crippen molar-refractivity contribution in [2.45, 2.75) is 25.3 Å². The Bertz CT molecular complexity index is 1560. The van der Waals surface area contributed by atoms with Crippen LogP contribution in [0, 0.1) is 5.92 Å². The molecular weight excluding hydrogens is 506 g/mol. The summed E-state index contributed by atoms with van der Waals surface area (Å²) in [6.45, 7) is 4.70. The van der Waals surface area contributed by atoms with Crippen molar-refractivity contribution in [3.63, 3.8) is 0 Å². The Balaban J connectivity index is 1.63. The van der Waals surface area contributed by atoms with Crippen LogP contribution in [0.25, 0.3) is 10.2 Å². The molecule has 0 aliphatic rings. The third-order valence-electron chi connectivity index (χ3n) is 5.32. The average molecular weight is 530 g/mol. The van der Waals surface area contributed by atoms with Gasteiger partial charge in [-0.2, -0.15) is 0 Å². The first kappa shape index (κ1) is 25.0. The summed E-state index contributed by atoms with van der Waals surface area (Å²) in [6.07, 6.45) is 0. The summed E-state index contributed by atoms with van der Waals surface area (Å²) in [5.74, 6) is -0.103. The van der Waals surface area contributed by atoms with Gasteiger partial charge in [0.2, 0.25) is 0 Å². The summed E-state index contributed by atoms with van der Waals surface area (Å²) in [7, 11) is -4.02. The minimum absolute atomic E-state index is 0.00599. The van der Waals surface area contributed by atoms with Gasteiger partial charge < -0.3 is 5.32 Å². The predicted molar refractivity (Wildman–Crippen MR) is 141 cm³/mol. The normalized spacial score (nSPS) is 11.7. The lowest BCUT2D eigenvalue weighted by Crippen LogP contribution is -2.28. The number of anilines is 1. The van der Waals surface area contributed by atoms with Crippen molar-refractivity contribution in [3.05, 3.63) is 92.5 Å². The second kappa shape index (κ2) is 10.2. The number of fused-ring (bicyclic) bond motifs is 1. The Morgan fingerprint density at radius 2 is 1.77 bits per heavy atom. The molecule has 0 bridgehead atoms. The topological polar surface area (TPSA) is 97.3 Å². The molecule has 0 unspecified atom stereocenters. The number of rotatable bonds is 8. The van der Waals surface area contributed by atoms with Crippen LogP contribution < -0.4 is 14.9 Å². The number of thiazole rings is 1. The summed E-state index contributed by atoms with van der Waals surface area (Å²) in [5.41, 5.74) is 1.82. The summed E-state index contributed by atoms with van der Waals surface area (Å²) in [4.78, 5) is 25.0. The molecule has 1 aromatic heterocycles. The average Bonchev–Trinajstić information content (AvgIpc) is 3.13. The summed E-state index contributed by atoms with van der Waals surface area (Å²) in [5, 5.41) is 3.36. The van der Waals surface area contributed by atoms with Gasteiger partial charge in [0.1, 0.15) is 0 Å². The van der Waals surface area contributed by atoms with Gasteiger partial charge in [0.15, 0.2) is 0 Å². The molecule has 1 amide bonds. The molecule has 0 atom stereocenters. The molecule has 10 heteroatoms. The maximum absolute atomic E-state index is 13.2. The highest BCUT2D eigenvalue weighted by molar-refractivity contribution is 7.92. The van der Waals surface area contributed by atoms with Gasteiger partial charge in [-0.3, -0.25) is 18.9 Å². The number of amides is 1. The number of halogens is 1. The van der Waals surface area contributed by atoms with E-state index in [0.717, 1.165) is 16.9 Å². The number of sulfonamides is 1. The lowest BCUT2D eigenvalue weighted by atomic mass is 10.1. The molecule has 0 spiro atoms. The molecule has 0 aliphatic heterocycles. The lowest BCUT2D eigenvalue weighted by molar-refractivity contribution is 0.0950. The fourth-order valence-electron chi connectivity index (χ4n) is 3.53. The van der Waals surface area contributed by atoms with Gasteiger partial charge in [-0.25, -0.2) is 8.42 Å². The summed E-state index contributed by atoms with van der Waals surface area (Å²) in [6, 6.07) is 18.2. The Morgan fingerprint density at radius 3 is 2.51 bits per heavy atom. The third kappa shape index (κ3) is 5.58. The molecule has 4 aromatic rings. The van der Waals surface area contributed by atoms with E-state index in [-0.39, 0.29) is 39.4 Å². The van der Waals surface area contributed by atoms with Crippen LogP contribution in [-0.2, 0) is 16.6 Å². The first-order valence-electron chi connectivity index (χ1n) is 10.9. The second-order valence-electron chi connectivity index (χ2n) is 8.43. The first-order valence-corrected chi connectivity index (χ1v) is 13.6. The van der Waals surface area contributed by atoms with E-state index in [2.05, 4.69) is 10.0 Å². The van der Waals surface area contributed by atoms with Crippen molar-refractivity contribution in [3.8, 4) is 0 Å². The molecule has 0 saturated heterocycles. The maximum Gasteiger partial charge on any atom is 0.308 e. The van der Waals surface area contributed by atoms with Crippen molar-refractivity contribution in [1.82, 2.24) is 9.88 Å². The number of hydrogen-bond acceptors (Lipinski definition) is 5. The summed E-state index contributed by atoms with van der Waals surface area (Å²) < 4.78 is 31.0. The Labute approximate surface area is 212 Å². The van der Waals surface area contributed by atoms with Gasteiger partial charge >= 0.3 is 4.87 Å².